The maximum Gasteiger partial charge on any atom is 0.268 e. The number of hydrogen-bond donors (Lipinski definition) is 0. The molecule has 1 aromatic carbocycles. The van der Waals surface area contributed by atoms with E-state index in [1.54, 1.807) is 13.0 Å². The highest BCUT2D eigenvalue weighted by molar-refractivity contribution is 9.10. The second-order valence-corrected chi connectivity index (χ2v) is 5.11. The number of nitrogens with zero attached hydrogens (tertiary/aromatic N) is 2. The third-order valence-corrected chi connectivity index (χ3v) is 3.83. The van der Waals surface area contributed by atoms with E-state index in [1.807, 2.05) is 25.1 Å². The van der Waals surface area contributed by atoms with Crippen LogP contribution in [0.25, 0.3) is 0 Å². The molecule has 19 heavy (non-hydrogen) atoms. The summed E-state index contributed by atoms with van der Waals surface area (Å²) in [5.41, 5.74) is 1.91. The molecule has 0 atom stereocenters. The number of aromatic nitrogens is 2. The van der Waals surface area contributed by atoms with Crippen LogP contribution in [0.4, 0.5) is 0 Å². The monoisotopic (exact) mass is 320 g/mol. The van der Waals surface area contributed by atoms with E-state index in [9.17, 15) is 9.59 Å². The van der Waals surface area contributed by atoms with Gasteiger partial charge in [-0.15, -0.1) is 0 Å². The van der Waals surface area contributed by atoms with Gasteiger partial charge in [0.05, 0.1) is 18.6 Å². The Labute approximate surface area is 119 Å². The molecule has 4 nitrogen and oxygen atoms in total. The molecule has 1 aromatic heterocycles. The highest BCUT2D eigenvalue weighted by Gasteiger charge is 2.12. The summed E-state index contributed by atoms with van der Waals surface area (Å²) in [6.07, 6.45) is 1.40. The van der Waals surface area contributed by atoms with E-state index in [1.165, 1.54) is 10.9 Å². The minimum Gasteiger partial charge on any atom is -0.292 e. The topological polar surface area (TPSA) is 52.0 Å². The third kappa shape index (κ3) is 2.81. The van der Waals surface area contributed by atoms with Crippen molar-refractivity contribution in [2.75, 3.05) is 0 Å². The number of aryl methyl sites for hydroxylation is 2. The highest BCUT2D eigenvalue weighted by Crippen LogP contribution is 2.10. The largest absolute Gasteiger partial charge is 0.292 e. The van der Waals surface area contributed by atoms with Crippen LogP contribution in [0.2, 0.25) is 0 Å². The first-order chi connectivity index (χ1) is 9.00. The van der Waals surface area contributed by atoms with Crippen LogP contribution in [0.5, 0.6) is 0 Å². The molecule has 0 aliphatic carbocycles. The molecule has 0 N–H and O–H groups in total. The number of hydrogen-bond acceptors (Lipinski definition) is 3. The Hall–Kier alpha value is -1.75. The molecule has 0 unspecified atom stereocenters. The fourth-order valence-electron chi connectivity index (χ4n) is 1.78. The van der Waals surface area contributed by atoms with Gasteiger partial charge in [-0.25, -0.2) is 4.98 Å². The molecule has 2 rings (SSSR count). The van der Waals surface area contributed by atoms with Crippen LogP contribution < -0.4 is 5.56 Å². The van der Waals surface area contributed by atoms with Crippen molar-refractivity contribution in [2.45, 2.75) is 20.4 Å². The smallest absolute Gasteiger partial charge is 0.268 e. The summed E-state index contributed by atoms with van der Waals surface area (Å²) in [5, 5.41) is 0. The molecule has 2 aromatic rings. The van der Waals surface area contributed by atoms with Crippen molar-refractivity contribution in [3.8, 4) is 0 Å². The first-order valence-electron chi connectivity index (χ1n) is 5.81. The van der Waals surface area contributed by atoms with Crippen LogP contribution >= 0.6 is 15.9 Å². The molecule has 0 amide bonds. The second kappa shape index (κ2) is 5.48. The molecule has 0 bridgehead atoms. The van der Waals surface area contributed by atoms with E-state index in [0.29, 0.717) is 15.7 Å². The quantitative estimate of drug-likeness (QED) is 0.816. The van der Waals surface area contributed by atoms with Gasteiger partial charge in [-0.05, 0) is 35.3 Å². The summed E-state index contributed by atoms with van der Waals surface area (Å²) < 4.78 is 1.71. The summed E-state index contributed by atoms with van der Waals surface area (Å²) in [7, 11) is 0. The first kappa shape index (κ1) is 13.7. The van der Waals surface area contributed by atoms with E-state index in [2.05, 4.69) is 20.9 Å². The average molecular weight is 321 g/mol. The third-order valence-electron chi connectivity index (χ3n) is 2.92. The van der Waals surface area contributed by atoms with Gasteiger partial charge < -0.3 is 0 Å². The summed E-state index contributed by atoms with van der Waals surface area (Å²) in [6, 6.07) is 7.33. The number of ketones is 1. The van der Waals surface area contributed by atoms with E-state index in [4.69, 9.17) is 0 Å². The van der Waals surface area contributed by atoms with Gasteiger partial charge in [0.1, 0.15) is 4.47 Å². The van der Waals surface area contributed by atoms with Gasteiger partial charge in [0.2, 0.25) is 0 Å². The van der Waals surface area contributed by atoms with Crippen molar-refractivity contribution in [3.05, 3.63) is 62.2 Å². The van der Waals surface area contributed by atoms with Crippen LogP contribution in [-0.2, 0) is 6.54 Å². The van der Waals surface area contributed by atoms with Crippen molar-refractivity contribution in [2.24, 2.45) is 0 Å². The summed E-state index contributed by atoms with van der Waals surface area (Å²) in [6.45, 7) is 3.61. The minimum absolute atomic E-state index is 0.00440. The Kier molecular flexibility index (Phi) is 3.95. The number of carbonyl (C=O) groups is 1. The molecule has 0 fully saturated rings. The molecule has 0 saturated carbocycles. The summed E-state index contributed by atoms with van der Waals surface area (Å²) >= 11 is 3.18. The van der Waals surface area contributed by atoms with Crippen molar-refractivity contribution in [1.82, 2.24) is 9.55 Å². The summed E-state index contributed by atoms with van der Waals surface area (Å²) in [4.78, 5) is 28.2. The van der Waals surface area contributed by atoms with Crippen LogP contribution in [0.1, 0.15) is 21.6 Å². The van der Waals surface area contributed by atoms with E-state index >= 15 is 0 Å². The SMILES string of the molecule is Cc1ccccc1C(=O)Cn1cnc(C)c(Br)c1=O. The Morgan fingerprint density at radius 2 is 2.00 bits per heavy atom. The van der Waals surface area contributed by atoms with Crippen molar-refractivity contribution < 1.29 is 4.79 Å². The molecule has 5 heteroatoms. The molecule has 1 heterocycles. The van der Waals surface area contributed by atoms with Gasteiger partial charge in [-0.2, -0.15) is 0 Å². The first-order valence-corrected chi connectivity index (χ1v) is 6.60. The lowest BCUT2D eigenvalue weighted by molar-refractivity contribution is 0.0969. The van der Waals surface area contributed by atoms with Crippen molar-refractivity contribution >= 4 is 21.7 Å². The normalized spacial score (nSPS) is 10.5. The van der Waals surface area contributed by atoms with Gasteiger partial charge >= 0.3 is 0 Å². The number of benzene rings is 1. The Morgan fingerprint density at radius 1 is 1.32 bits per heavy atom. The van der Waals surface area contributed by atoms with Crippen molar-refractivity contribution in [3.63, 3.8) is 0 Å². The number of halogens is 1. The number of rotatable bonds is 3. The minimum atomic E-state index is -0.241. The lowest BCUT2D eigenvalue weighted by Crippen LogP contribution is -2.26. The Bertz CT molecular complexity index is 692. The van der Waals surface area contributed by atoms with Crippen LogP contribution in [0, 0.1) is 13.8 Å². The van der Waals surface area contributed by atoms with Gasteiger partial charge in [-0.1, -0.05) is 24.3 Å². The maximum atomic E-state index is 12.2. The van der Waals surface area contributed by atoms with E-state index in [0.717, 1.165) is 5.56 Å². The van der Waals surface area contributed by atoms with Crippen LogP contribution in [0.15, 0.2) is 39.9 Å². The van der Waals surface area contributed by atoms with Crippen LogP contribution in [-0.4, -0.2) is 15.3 Å². The van der Waals surface area contributed by atoms with Gasteiger partial charge in [0, 0.05) is 5.56 Å². The summed E-state index contributed by atoms with van der Waals surface area (Å²) in [5.74, 6) is -0.0993. The van der Waals surface area contributed by atoms with E-state index in [-0.39, 0.29) is 17.9 Å². The predicted octanol–water partition coefficient (Wildman–Crippen LogP) is 2.51. The zero-order valence-electron chi connectivity index (χ0n) is 10.7. The maximum absolute atomic E-state index is 12.2. The molecular formula is C14H13BrN2O2. The lowest BCUT2D eigenvalue weighted by Gasteiger charge is -2.08. The molecule has 0 radical (unpaired) electrons. The molecule has 0 aliphatic rings. The number of carbonyl (C=O) groups excluding carboxylic acids is 1. The lowest BCUT2D eigenvalue weighted by atomic mass is 10.1. The highest BCUT2D eigenvalue weighted by atomic mass is 79.9. The fraction of sp³-hybridized carbons (Fsp3) is 0.214. The zero-order chi connectivity index (χ0) is 14.0. The zero-order valence-corrected chi connectivity index (χ0v) is 12.3. The predicted molar refractivity (Wildman–Crippen MR) is 76.4 cm³/mol. The second-order valence-electron chi connectivity index (χ2n) is 4.32. The molecular weight excluding hydrogens is 308 g/mol. The van der Waals surface area contributed by atoms with Crippen LogP contribution in [0.3, 0.4) is 0 Å². The molecule has 0 saturated heterocycles. The van der Waals surface area contributed by atoms with Crippen molar-refractivity contribution in [1.29, 1.82) is 0 Å². The molecule has 98 valence electrons. The fourth-order valence-corrected chi connectivity index (χ4v) is 2.11. The van der Waals surface area contributed by atoms with Gasteiger partial charge in [0.25, 0.3) is 5.56 Å². The van der Waals surface area contributed by atoms with E-state index < -0.39 is 0 Å². The van der Waals surface area contributed by atoms with Gasteiger partial charge in [-0.3, -0.25) is 14.2 Å². The Morgan fingerprint density at radius 3 is 2.68 bits per heavy atom. The number of Topliss-reactive ketones (excluding diaryl/α,β-unsaturated/α-hetero) is 1. The standard InChI is InChI=1S/C14H13BrN2O2/c1-9-5-3-4-6-11(9)12(18)7-17-8-16-10(2)13(15)14(17)19/h3-6,8H,7H2,1-2H3. The molecule has 0 spiro atoms. The molecule has 0 aliphatic heterocycles. The Balaban J connectivity index is 2.33. The van der Waals surface area contributed by atoms with Gasteiger partial charge in [0.15, 0.2) is 5.78 Å². The average Bonchev–Trinajstić information content (AvgIpc) is 2.40.